The molecule has 0 radical (unpaired) electrons. The number of anilines is 3. The number of halogens is 2. The van der Waals surface area contributed by atoms with Gasteiger partial charge in [0.1, 0.15) is 10.7 Å². The van der Waals surface area contributed by atoms with Gasteiger partial charge in [-0.05, 0) is 73.0 Å². The highest BCUT2D eigenvalue weighted by Gasteiger charge is 2.38. The minimum absolute atomic E-state index is 0.0160. The highest BCUT2D eigenvalue weighted by Crippen LogP contribution is 2.30. The van der Waals surface area contributed by atoms with Crippen molar-refractivity contribution < 1.29 is 14.4 Å². The molecular weight excluding hydrogens is 473 g/mol. The van der Waals surface area contributed by atoms with Crippen LogP contribution in [0.2, 0.25) is 5.02 Å². The van der Waals surface area contributed by atoms with Crippen LogP contribution in [-0.4, -0.2) is 17.7 Å². The second-order valence-electron chi connectivity index (χ2n) is 7.78. The minimum atomic E-state index is -0.592. The first-order valence-electron chi connectivity index (χ1n) is 10.6. The van der Waals surface area contributed by atoms with Crippen molar-refractivity contribution in [1.82, 2.24) is 0 Å². The van der Waals surface area contributed by atoms with Gasteiger partial charge in [-0.25, -0.2) is 4.90 Å². The summed E-state index contributed by atoms with van der Waals surface area (Å²) in [4.78, 5) is 39.2. The number of benzene rings is 3. The molecule has 0 bridgehead atoms. The maximum atomic E-state index is 12.9. The molecule has 0 atom stereocenters. The summed E-state index contributed by atoms with van der Waals surface area (Å²) >= 11 is 12.3. The van der Waals surface area contributed by atoms with Crippen molar-refractivity contribution in [2.75, 3.05) is 15.5 Å². The van der Waals surface area contributed by atoms with Crippen LogP contribution in [0.4, 0.5) is 17.1 Å². The monoisotopic (exact) mass is 493 g/mol. The molecule has 0 aromatic heterocycles. The topological polar surface area (TPSA) is 78.5 Å². The molecule has 34 heavy (non-hydrogen) atoms. The second kappa shape index (κ2) is 9.71. The molecule has 1 aliphatic heterocycles. The van der Waals surface area contributed by atoms with Crippen molar-refractivity contribution in [2.24, 2.45) is 0 Å². The third-order valence-corrected chi connectivity index (χ3v) is 6.23. The third kappa shape index (κ3) is 4.69. The van der Waals surface area contributed by atoms with Crippen molar-refractivity contribution in [1.29, 1.82) is 0 Å². The van der Waals surface area contributed by atoms with E-state index in [-0.39, 0.29) is 16.6 Å². The van der Waals surface area contributed by atoms with Crippen LogP contribution in [0.1, 0.15) is 28.4 Å². The Hall–Kier alpha value is -3.61. The number of nitrogens with zero attached hydrogens (tertiary/aromatic N) is 1. The fourth-order valence-corrected chi connectivity index (χ4v) is 3.84. The first-order valence-corrected chi connectivity index (χ1v) is 11.4. The molecule has 3 amide bonds. The molecule has 0 spiro atoms. The average Bonchev–Trinajstić information content (AvgIpc) is 3.05. The van der Waals surface area contributed by atoms with Crippen LogP contribution in [0, 0.1) is 6.92 Å². The molecule has 0 saturated heterocycles. The average molecular weight is 494 g/mol. The minimum Gasteiger partial charge on any atom is -0.350 e. The highest BCUT2D eigenvalue weighted by atomic mass is 35.5. The highest BCUT2D eigenvalue weighted by molar-refractivity contribution is 6.53. The number of hydrogen-bond donors (Lipinski definition) is 2. The van der Waals surface area contributed by atoms with Crippen LogP contribution in [0.3, 0.4) is 0 Å². The number of aryl methyl sites for hydroxylation is 2. The van der Waals surface area contributed by atoms with Crippen LogP contribution >= 0.6 is 23.2 Å². The number of carbonyl (C=O) groups is 3. The predicted octanol–water partition coefficient (Wildman–Crippen LogP) is 5.90. The third-order valence-electron chi connectivity index (χ3n) is 5.48. The lowest BCUT2D eigenvalue weighted by Crippen LogP contribution is -2.32. The Bertz CT molecular complexity index is 1320. The molecule has 1 heterocycles. The molecule has 6 nitrogen and oxygen atoms in total. The van der Waals surface area contributed by atoms with Crippen molar-refractivity contribution in [3.63, 3.8) is 0 Å². The largest absolute Gasteiger partial charge is 0.350 e. The van der Waals surface area contributed by atoms with Crippen LogP contribution in [0.5, 0.6) is 0 Å². The Balaban J connectivity index is 1.47. The van der Waals surface area contributed by atoms with Crippen molar-refractivity contribution in [3.8, 4) is 0 Å². The van der Waals surface area contributed by atoms with Gasteiger partial charge in [0.15, 0.2) is 0 Å². The number of rotatable bonds is 6. The quantitative estimate of drug-likeness (QED) is 0.419. The summed E-state index contributed by atoms with van der Waals surface area (Å²) in [6, 6.07) is 18.9. The molecular formula is C26H21Cl2N3O3. The van der Waals surface area contributed by atoms with Gasteiger partial charge in [0.2, 0.25) is 0 Å². The van der Waals surface area contributed by atoms with E-state index in [1.165, 1.54) is 0 Å². The summed E-state index contributed by atoms with van der Waals surface area (Å²) in [5, 5.41) is 6.07. The van der Waals surface area contributed by atoms with E-state index in [0.29, 0.717) is 27.6 Å². The summed E-state index contributed by atoms with van der Waals surface area (Å²) in [5.74, 6) is -1.44. The predicted molar refractivity (Wildman–Crippen MR) is 135 cm³/mol. The lowest BCUT2D eigenvalue weighted by molar-refractivity contribution is -0.120. The van der Waals surface area contributed by atoms with E-state index in [4.69, 9.17) is 23.2 Å². The molecule has 0 unspecified atom stereocenters. The molecule has 172 valence electrons. The van der Waals surface area contributed by atoms with Gasteiger partial charge in [-0.2, -0.15) is 0 Å². The van der Waals surface area contributed by atoms with E-state index in [9.17, 15) is 14.4 Å². The maximum absolute atomic E-state index is 12.9. The summed E-state index contributed by atoms with van der Waals surface area (Å²) in [5.41, 5.74) is 3.94. The fourth-order valence-electron chi connectivity index (χ4n) is 3.45. The van der Waals surface area contributed by atoms with Crippen molar-refractivity contribution in [2.45, 2.75) is 20.3 Å². The van der Waals surface area contributed by atoms with E-state index >= 15 is 0 Å². The molecule has 0 saturated carbocycles. The lowest BCUT2D eigenvalue weighted by atomic mass is 10.1. The summed E-state index contributed by atoms with van der Waals surface area (Å²) < 4.78 is 0. The SMILES string of the molecule is CCc1ccc(N2C(=O)C(Cl)=C(Nc3ccc(C(=O)Nc4ccc(C)c(Cl)c4)cc3)C2=O)cc1. The van der Waals surface area contributed by atoms with Gasteiger partial charge >= 0.3 is 0 Å². The number of imide groups is 1. The van der Waals surface area contributed by atoms with Crippen LogP contribution < -0.4 is 15.5 Å². The summed E-state index contributed by atoms with van der Waals surface area (Å²) in [6.07, 6.45) is 0.848. The number of carbonyl (C=O) groups excluding carboxylic acids is 3. The van der Waals surface area contributed by atoms with E-state index in [0.717, 1.165) is 22.4 Å². The molecule has 4 rings (SSSR count). The fraction of sp³-hybridized carbons (Fsp3) is 0.115. The molecule has 3 aromatic rings. The molecule has 0 aliphatic carbocycles. The Morgan fingerprint density at radius 3 is 2.15 bits per heavy atom. The van der Waals surface area contributed by atoms with Gasteiger partial charge in [0.05, 0.1) is 5.69 Å². The molecule has 8 heteroatoms. The Morgan fingerprint density at radius 2 is 1.53 bits per heavy atom. The lowest BCUT2D eigenvalue weighted by Gasteiger charge is -2.15. The molecule has 2 N–H and O–H groups in total. The second-order valence-corrected chi connectivity index (χ2v) is 8.56. The number of amides is 3. The van der Waals surface area contributed by atoms with Gasteiger partial charge in [-0.3, -0.25) is 14.4 Å². The summed E-state index contributed by atoms with van der Waals surface area (Å²) in [7, 11) is 0. The Labute approximate surface area is 207 Å². The first-order chi connectivity index (χ1) is 16.3. The normalized spacial score (nSPS) is 13.5. The number of hydrogen-bond acceptors (Lipinski definition) is 4. The van der Waals surface area contributed by atoms with Crippen LogP contribution in [-0.2, 0) is 16.0 Å². The Kier molecular flexibility index (Phi) is 6.72. The smallest absolute Gasteiger partial charge is 0.283 e. The van der Waals surface area contributed by atoms with Gasteiger partial charge in [0, 0.05) is 22.0 Å². The van der Waals surface area contributed by atoms with Gasteiger partial charge < -0.3 is 10.6 Å². The number of nitrogens with one attached hydrogen (secondary N) is 2. The van der Waals surface area contributed by atoms with E-state index in [1.54, 1.807) is 48.5 Å². The zero-order valence-corrected chi connectivity index (χ0v) is 20.0. The molecule has 0 fully saturated rings. The van der Waals surface area contributed by atoms with E-state index < -0.39 is 11.8 Å². The summed E-state index contributed by atoms with van der Waals surface area (Å²) in [6.45, 7) is 3.90. The van der Waals surface area contributed by atoms with E-state index in [2.05, 4.69) is 10.6 Å². The standard InChI is InChI=1S/C26H21Cl2N3O3/c1-3-16-5-12-20(13-6-16)31-25(33)22(28)23(26(31)34)29-18-10-7-17(8-11-18)24(32)30-19-9-4-15(2)21(27)14-19/h4-14,29H,3H2,1-2H3,(H,30,32). The molecule has 3 aromatic carbocycles. The van der Waals surface area contributed by atoms with Crippen LogP contribution in [0.15, 0.2) is 77.5 Å². The van der Waals surface area contributed by atoms with Gasteiger partial charge in [-0.1, -0.05) is 48.3 Å². The van der Waals surface area contributed by atoms with Crippen LogP contribution in [0.25, 0.3) is 0 Å². The Morgan fingerprint density at radius 1 is 0.882 bits per heavy atom. The van der Waals surface area contributed by atoms with Gasteiger partial charge in [-0.15, -0.1) is 0 Å². The van der Waals surface area contributed by atoms with E-state index in [1.807, 2.05) is 32.0 Å². The molecule has 1 aliphatic rings. The zero-order valence-electron chi connectivity index (χ0n) is 18.5. The maximum Gasteiger partial charge on any atom is 0.283 e. The first kappa shape index (κ1) is 23.5. The van der Waals surface area contributed by atoms with Gasteiger partial charge in [0.25, 0.3) is 17.7 Å². The van der Waals surface area contributed by atoms with Crippen molar-refractivity contribution >= 4 is 58.0 Å². The van der Waals surface area contributed by atoms with Crippen molar-refractivity contribution in [3.05, 3.63) is 99.2 Å². The zero-order chi connectivity index (χ0) is 24.4.